The van der Waals surface area contributed by atoms with Crippen LogP contribution in [-0.4, -0.2) is 23.2 Å². The molecular weight excluding hydrogens is 595 g/mol. The van der Waals surface area contributed by atoms with E-state index in [1.807, 2.05) is 62.4 Å². The number of fused-ring (bicyclic) bond motifs is 1. The van der Waals surface area contributed by atoms with Crippen LogP contribution < -0.4 is 19.6 Å². The number of benzene rings is 3. The molecule has 0 radical (unpaired) electrons. The molecule has 0 spiro atoms. The zero-order valence-electron chi connectivity index (χ0n) is 22.1. The van der Waals surface area contributed by atoms with E-state index in [0.29, 0.717) is 31.9 Å². The largest absolute Gasteiger partial charge is 0.490 e. The van der Waals surface area contributed by atoms with Crippen molar-refractivity contribution in [2.24, 2.45) is 4.99 Å². The normalized spacial score (nSPS) is 15.2. The summed E-state index contributed by atoms with van der Waals surface area (Å²) in [6.07, 6.45) is 1.71. The van der Waals surface area contributed by atoms with Crippen LogP contribution in [0.25, 0.3) is 11.8 Å². The highest BCUT2D eigenvalue weighted by Crippen LogP contribution is 2.35. The molecule has 0 saturated carbocycles. The van der Waals surface area contributed by atoms with Crippen LogP contribution in [0.3, 0.4) is 0 Å². The summed E-state index contributed by atoms with van der Waals surface area (Å²) < 4.78 is 28.1. The van der Waals surface area contributed by atoms with E-state index in [2.05, 4.69) is 15.9 Å². The number of halogens is 2. The molecule has 6 nitrogen and oxygen atoms in total. The Labute approximate surface area is 242 Å². The summed E-state index contributed by atoms with van der Waals surface area (Å²) in [6, 6.07) is 19.8. The number of thiazole rings is 1. The van der Waals surface area contributed by atoms with E-state index >= 15 is 0 Å². The van der Waals surface area contributed by atoms with Crippen LogP contribution in [-0.2, 0) is 9.53 Å². The van der Waals surface area contributed by atoms with E-state index in [4.69, 9.17) is 14.5 Å². The van der Waals surface area contributed by atoms with Gasteiger partial charge in [0.15, 0.2) is 4.80 Å². The van der Waals surface area contributed by atoms with Crippen LogP contribution in [0.15, 0.2) is 92.6 Å². The summed E-state index contributed by atoms with van der Waals surface area (Å²) in [5.74, 6) is -0.377. The Hall–Kier alpha value is -3.82. The number of nitrogens with zero attached hydrogens (tertiary/aromatic N) is 2. The summed E-state index contributed by atoms with van der Waals surface area (Å²) in [6.45, 7) is 5.74. The molecule has 1 atom stereocenters. The summed E-state index contributed by atoms with van der Waals surface area (Å²) in [7, 11) is 0. The van der Waals surface area contributed by atoms with Gasteiger partial charge in [0, 0.05) is 15.6 Å². The zero-order chi connectivity index (χ0) is 28.4. The van der Waals surface area contributed by atoms with Gasteiger partial charge in [-0.05, 0) is 62.7 Å². The Bertz CT molecular complexity index is 1780. The molecule has 0 unspecified atom stereocenters. The molecule has 1 aliphatic rings. The van der Waals surface area contributed by atoms with Crippen molar-refractivity contribution in [1.82, 2.24) is 4.57 Å². The van der Waals surface area contributed by atoms with Crippen LogP contribution in [0.2, 0.25) is 0 Å². The van der Waals surface area contributed by atoms with Crippen molar-refractivity contribution in [2.75, 3.05) is 6.61 Å². The van der Waals surface area contributed by atoms with Gasteiger partial charge in [0.1, 0.15) is 11.6 Å². The second kappa shape index (κ2) is 11.7. The number of ether oxygens (including phenoxy) is 2. The number of carbonyl (C=O) groups excluding carboxylic acids is 1. The Morgan fingerprint density at radius 1 is 1.12 bits per heavy atom. The fourth-order valence-electron chi connectivity index (χ4n) is 4.54. The van der Waals surface area contributed by atoms with Crippen LogP contribution in [0.1, 0.15) is 43.5 Å². The maximum Gasteiger partial charge on any atom is 0.338 e. The third-order valence-corrected chi connectivity index (χ3v) is 7.66. The summed E-state index contributed by atoms with van der Waals surface area (Å²) in [5, 5.41) is 0. The molecule has 9 heteroatoms. The summed E-state index contributed by atoms with van der Waals surface area (Å²) in [4.78, 5) is 32.8. The third-order valence-electron chi connectivity index (χ3n) is 6.18. The second-order valence-electron chi connectivity index (χ2n) is 9.33. The first-order valence-corrected chi connectivity index (χ1v) is 14.4. The average Bonchev–Trinajstić information content (AvgIpc) is 3.24. The molecule has 0 bridgehead atoms. The van der Waals surface area contributed by atoms with Crippen molar-refractivity contribution in [3.8, 4) is 5.75 Å². The van der Waals surface area contributed by atoms with E-state index in [1.165, 1.54) is 28.0 Å². The molecule has 4 aromatic rings. The molecule has 0 amide bonds. The summed E-state index contributed by atoms with van der Waals surface area (Å²) >= 11 is 4.72. The molecule has 1 aliphatic heterocycles. The molecular formula is C31H26BrFN2O4S. The first-order valence-electron chi connectivity index (χ1n) is 12.8. The molecule has 5 rings (SSSR count). The highest BCUT2D eigenvalue weighted by atomic mass is 79.9. The second-order valence-corrected chi connectivity index (χ2v) is 11.3. The number of esters is 1. The van der Waals surface area contributed by atoms with E-state index < -0.39 is 17.8 Å². The Morgan fingerprint density at radius 3 is 2.52 bits per heavy atom. The summed E-state index contributed by atoms with van der Waals surface area (Å²) in [5.41, 5.74) is 2.28. The fraction of sp³-hybridized carbons (Fsp3) is 0.194. The van der Waals surface area contributed by atoms with E-state index in [0.717, 1.165) is 10.0 Å². The van der Waals surface area contributed by atoms with Gasteiger partial charge in [-0.2, -0.15) is 0 Å². The molecule has 1 aromatic heterocycles. The zero-order valence-corrected chi connectivity index (χ0v) is 24.5. The molecule has 204 valence electrons. The van der Waals surface area contributed by atoms with Crippen molar-refractivity contribution >= 4 is 45.0 Å². The van der Waals surface area contributed by atoms with Gasteiger partial charge in [-0.1, -0.05) is 69.7 Å². The first kappa shape index (κ1) is 27.7. The van der Waals surface area contributed by atoms with Crippen LogP contribution in [0.4, 0.5) is 4.39 Å². The standard InChI is InChI=1S/C31H26BrFN2O4S/c1-4-38-30(37)26-27(19-8-6-5-7-9-19)34-31-35(28(26)20-10-13-23(33)14-11-20)29(36)25(40-31)17-21-16-22(32)12-15-24(21)39-18(2)3/h5-18,28H,4H2,1-3H3/b25-17+/t28-/m0/s1. The molecule has 2 heterocycles. The minimum absolute atomic E-state index is 0.0615. The van der Waals surface area contributed by atoms with Gasteiger partial charge in [0.25, 0.3) is 5.56 Å². The van der Waals surface area contributed by atoms with Gasteiger partial charge in [0.05, 0.1) is 34.6 Å². The van der Waals surface area contributed by atoms with Crippen LogP contribution in [0, 0.1) is 5.82 Å². The highest BCUT2D eigenvalue weighted by molar-refractivity contribution is 9.10. The van der Waals surface area contributed by atoms with Crippen LogP contribution in [0.5, 0.6) is 5.75 Å². The monoisotopic (exact) mass is 620 g/mol. The number of rotatable bonds is 7. The van der Waals surface area contributed by atoms with Crippen molar-refractivity contribution < 1.29 is 18.7 Å². The Balaban J connectivity index is 1.81. The maximum absolute atomic E-state index is 14.0. The fourth-order valence-corrected chi connectivity index (χ4v) is 5.91. The quantitative estimate of drug-likeness (QED) is 0.251. The van der Waals surface area contributed by atoms with Crippen molar-refractivity contribution in [3.63, 3.8) is 0 Å². The van der Waals surface area contributed by atoms with E-state index in [9.17, 15) is 14.0 Å². The lowest BCUT2D eigenvalue weighted by Gasteiger charge is -2.25. The van der Waals surface area contributed by atoms with Gasteiger partial charge in [-0.15, -0.1) is 0 Å². The lowest BCUT2D eigenvalue weighted by Crippen LogP contribution is -2.40. The van der Waals surface area contributed by atoms with E-state index in [-0.39, 0.29) is 23.8 Å². The number of aromatic nitrogens is 1. The van der Waals surface area contributed by atoms with Gasteiger partial charge >= 0.3 is 5.97 Å². The molecule has 40 heavy (non-hydrogen) atoms. The van der Waals surface area contributed by atoms with Crippen molar-refractivity contribution in [3.05, 3.63) is 125 Å². The van der Waals surface area contributed by atoms with Gasteiger partial charge in [-0.3, -0.25) is 9.36 Å². The van der Waals surface area contributed by atoms with Crippen molar-refractivity contribution in [2.45, 2.75) is 32.9 Å². The molecule has 0 saturated heterocycles. The molecule has 0 fully saturated rings. The number of carbonyl (C=O) groups is 1. The predicted octanol–water partition coefficient (Wildman–Crippen LogP) is 5.62. The van der Waals surface area contributed by atoms with Gasteiger partial charge in [-0.25, -0.2) is 14.2 Å². The van der Waals surface area contributed by atoms with E-state index in [1.54, 1.807) is 25.1 Å². The molecule has 0 N–H and O–H groups in total. The maximum atomic E-state index is 14.0. The first-order chi connectivity index (χ1) is 19.3. The Morgan fingerprint density at radius 2 is 1.85 bits per heavy atom. The van der Waals surface area contributed by atoms with Crippen molar-refractivity contribution in [1.29, 1.82) is 0 Å². The van der Waals surface area contributed by atoms with Gasteiger partial charge in [0.2, 0.25) is 0 Å². The average molecular weight is 622 g/mol. The third kappa shape index (κ3) is 5.57. The van der Waals surface area contributed by atoms with Gasteiger partial charge < -0.3 is 9.47 Å². The lowest BCUT2D eigenvalue weighted by atomic mass is 9.93. The lowest BCUT2D eigenvalue weighted by molar-refractivity contribution is -0.138. The highest BCUT2D eigenvalue weighted by Gasteiger charge is 2.35. The van der Waals surface area contributed by atoms with Crippen LogP contribution >= 0.6 is 27.3 Å². The Kier molecular flexibility index (Phi) is 8.14. The smallest absolute Gasteiger partial charge is 0.338 e. The minimum Gasteiger partial charge on any atom is -0.490 e. The SMILES string of the molecule is CCOC(=O)C1=C(c2ccccc2)N=c2s/c(=C/c3cc(Br)ccc3OC(C)C)c(=O)n2[C@H]1c1ccc(F)cc1. The number of hydrogen-bond acceptors (Lipinski definition) is 6. The predicted molar refractivity (Wildman–Crippen MR) is 157 cm³/mol. The number of hydrogen-bond donors (Lipinski definition) is 0. The molecule has 0 aliphatic carbocycles. The topological polar surface area (TPSA) is 69.9 Å². The minimum atomic E-state index is -0.873. The molecule has 3 aromatic carbocycles.